The molecule has 0 atom stereocenters. The molecule has 0 aliphatic carbocycles. The van der Waals surface area contributed by atoms with E-state index in [2.05, 4.69) is 13.8 Å². The third-order valence-corrected chi connectivity index (χ3v) is 1.61. The molecule has 0 saturated carbocycles. The van der Waals surface area contributed by atoms with E-state index < -0.39 is 0 Å². The van der Waals surface area contributed by atoms with Crippen LogP contribution in [0.2, 0.25) is 0 Å². The summed E-state index contributed by atoms with van der Waals surface area (Å²) in [6.07, 6.45) is 1.91. The van der Waals surface area contributed by atoms with Crippen LogP contribution >= 0.6 is 0 Å². The van der Waals surface area contributed by atoms with E-state index in [0.717, 1.165) is 6.61 Å². The van der Waals surface area contributed by atoms with E-state index in [-0.39, 0.29) is 5.54 Å². The average molecular weight is 144 g/mol. The van der Waals surface area contributed by atoms with Gasteiger partial charge in [0.25, 0.3) is 0 Å². The zero-order valence-electron chi connectivity index (χ0n) is 6.76. The number of ether oxygens (including phenoxy) is 1. The van der Waals surface area contributed by atoms with Gasteiger partial charge < -0.3 is 4.74 Å². The molecule has 0 fully saturated rings. The van der Waals surface area contributed by atoms with E-state index in [0.29, 0.717) is 6.61 Å². The first-order valence-corrected chi connectivity index (χ1v) is 3.41. The number of rotatable bonds is 1. The van der Waals surface area contributed by atoms with Crippen LogP contribution in [0.1, 0.15) is 13.8 Å². The second kappa shape index (κ2) is 2.58. The zero-order chi connectivity index (χ0) is 7.61. The maximum Gasteiger partial charge on any atom is 0.228 e. The van der Waals surface area contributed by atoms with Gasteiger partial charge in [0, 0.05) is 13.8 Å². The molecule has 0 N–H and O–H groups in total. The smallest absolute Gasteiger partial charge is 0.228 e. The summed E-state index contributed by atoms with van der Waals surface area (Å²) < 4.78 is 7.07. The van der Waals surface area contributed by atoms with Gasteiger partial charge in [-0.1, -0.05) is 0 Å². The number of hydroxylamine groups is 1. The Morgan fingerprint density at radius 1 is 1.60 bits per heavy atom. The predicted octanol–water partition coefficient (Wildman–Crippen LogP) is 0.440. The molecular weight excluding hydrogens is 130 g/mol. The minimum absolute atomic E-state index is 0.0208. The first kappa shape index (κ1) is 7.54. The van der Waals surface area contributed by atoms with Gasteiger partial charge in [-0.05, 0) is 4.74 Å². The van der Waals surface area contributed by atoms with Crippen LogP contribution in [0.5, 0.6) is 0 Å². The number of nitrogens with zero attached hydrogens (tertiary/aromatic N) is 1. The van der Waals surface area contributed by atoms with Crippen molar-refractivity contribution in [1.82, 2.24) is 0 Å². The quantitative estimate of drug-likeness (QED) is 0.498. The van der Waals surface area contributed by atoms with Gasteiger partial charge in [0.15, 0.2) is 0 Å². The van der Waals surface area contributed by atoms with Crippen molar-refractivity contribution in [3.8, 4) is 0 Å². The van der Waals surface area contributed by atoms with Gasteiger partial charge in [0.2, 0.25) is 11.8 Å². The monoisotopic (exact) mass is 144 g/mol. The van der Waals surface area contributed by atoms with Crippen LogP contribution in [0.15, 0.2) is 0 Å². The fourth-order valence-electron chi connectivity index (χ4n) is 1.06. The Morgan fingerprint density at radius 3 is 2.70 bits per heavy atom. The molecule has 0 radical (unpaired) electrons. The first-order valence-electron chi connectivity index (χ1n) is 3.41. The van der Waals surface area contributed by atoms with Crippen LogP contribution in [0, 0.1) is 0 Å². The van der Waals surface area contributed by atoms with E-state index in [1.54, 1.807) is 7.11 Å². The largest absolute Gasteiger partial charge is 0.364 e. The van der Waals surface area contributed by atoms with Crippen LogP contribution in [0.25, 0.3) is 0 Å². The second-order valence-electron chi connectivity index (χ2n) is 3.02. The molecule has 0 amide bonds. The Kier molecular flexibility index (Phi) is 1.94. The van der Waals surface area contributed by atoms with Crippen molar-refractivity contribution in [2.45, 2.75) is 19.4 Å². The summed E-state index contributed by atoms with van der Waals surface area (Å²) in [5.74, 6) is 0. The average Bonchev–Trinajstić information content (AvgIpc) is 1.87. The summed E-state index contributed by atoms with van der Waals surface area (Å²) in [5, 5.41) is 0. The van der Waals surface area contributed by atoms with E-state index in [1.165, 1.54) is 0 Å². The molecule has 1 aliphatic heterocycles. The van der Waals surface area contributed by atoms with Gasteiger partial charge in [-0.15, -0.1) is 0 Å². The van der Waals surface area contributed by atoms with Crippen molar-refractivity contribution in [3.63, 3.8) is 0 Å². The zero-order valence-corrected chi connectivity index (χ0v) is 6.76. The molecule has 0 unspecified atom stereocenters. The van der Waals surface area contributed by atoms with Crippen molar-refractivity contribution in [1.29, 1.82) is 0 Å². The highest BCUT2D eigenvalue weighted by atomic mass is 16.7. The van der Waals surface area contributed by atoms with Gasteiger partial charge in [-0.3, -0.25) is 4.84 Å². The summed E-state index contributed by atoms with van der Waals surface area (Å²) in [4.78, 5) is 5.10. The van der Waals surface area contributed by atoms with Crippen molar-refractivity contribution in [2.24, 2.45) is 0 Å². The molecule has 0 aromatic heterocycles. The summed E-state index contributed by atoms with van der Waals surface area (Å²) in [6, 6.07) is 0. The third-order valence-electron chi connectivity index (χ3n) is 1.61. The summed E-state index contributed by atoms with van der Waals surface area (Å²) in [6.45, 7) is 5.52. The second-order valence-corrected chi connectivity index (χ2v) is 3.02. The maximum atomic E-state index is 5.24. The molecule has 0 bridgehead atoms. The lowest BCUT2D eigenvalue weighted by Gasteiger charge is -2.21. The van der Waals surface area contributed by atoms with Gasteiger partial charge in [-0.25, -0.2) is 0 Å². The Balaban J connectivity index is 2.73. The lowest BCUT2D eigenvalue weighted by atomic mass is 10.1. The van der Waals surface area contributed by atoms with Gasteiger partial charge >= 0.3 is 0 Å². The molecule has 1 rings (SSSR count). The molecule has 1 heterocycles. The van der Waals surface area contributed by atoms with E-state index in [4.69, 9.17) is 9.57 Å². The molecule has 1 aliphatic rings. The van der Waals surface area contributed by atoms with Crippen LogP contribution in [0.3, 0.4) is 0 Å². The normalized spacial score (nSPS) is 23.7. The van der Waals surface area contributed by atoms with Crippen LogP contribution in [0.4, 0.5) is 0 Å². The standard InChI is InChI=1S/C7H14NO2/c1-7(2)6-10-5-4-8(7)9-3/h4H,5-6H2,1-3H3/q+1. The third kappa shape index (κ3) is 1.29. The Hall–Kier alpha value is -0.570. The van der Waals surface area contributed by atoms with Gasteiger partial charge in [0.1, 0.15) is 20.3 Å². The summed E-state index contributed by atoms with van der Waals surface area (Å²) in [7, 11) is 1.67. The van der Waals surface area contributed by atoms with E-state index >= 15 is 0 Å². The maximum absolute atomic E-state index is 5.24. The highest BCUT2D eigenvalue weighted by Crippen LogP contribution is 2.11. The first-order chi connectivity index (χ1) is 4.67. The molecular formula is C7H14NO2+. The highest BCUT2D eigenvalue weighted by molar-refractivity contribution is 5.52. The lowest BCUT2D eigenvalue weighted by molar-refractivity contribution is -0.828. The molecule has 0 aromatic carbocycles. The summed E-state index contributed by atoms with van der Waals surface area (Å²) in [5.41, 5.74) is -0.0208. The van der Waals surface area contributed by atoms with Gasteiger partial charge in [-0.2, -0.15) is 0 Å². The van der Waals surface area contributed by atoms with E-state index in [9.17, 15) is 0 Å². The molecule has 3 nitrogen and oxygen atoms in total. The Morgan fingerprint density at radius 2 is 2.30 bits per heavy atom. The fourth-order valence-corrected chi connectivity index (χ4v) is 1.06. The van der Waals surface area contributed by atoms with Crippen molar-refractivity contribution >= 4 is 6.21 Å². The van der Waals surface area contributed by atoms with E-state index in [1.807, 2.05) is 11.0 Å². The highest BCUT2D eigenvalue weighted by Gasteiger charge is 2.35. The Bertz CT molecular complexity index is 152. The van der Waals surface area contributed by atoms with Gasteiger partial charge in [0.05, 0.1) is 0 Å². The molecule has 3 heteroatoms. The van der Waals surface area contributed by atoms with Crippen molar-refractivity contribution < 1.29 is 14.3 Å². The Labute approximate surface area is 61.2 Å². The van der Waals surface area contributed by atoms with Crippen LogP contribution in [-0.4, -0.2) is 36.8 Å². The SMILES string of the molecule is CO[N+]1=CCOCC1(C)C. The molecule has 10 heavy (non-hydrogen) atoms. The lowest BCUT2D eigenvalue weighted by Crippen LogP contribution is -2.45. The number of hydrogen-bond donors (Lipinski definition) is 0. The van der Waals surface area contributed by atoms with Crippen LogP contribution < -0.4 is 0 Å². The van der Waals surface area contributed by atoms with Crippen molar-refractivity contribution in [2.75, 3.05) is 20.3 Å². The molecule has 0 saturated heterocycles. The molecule has 0 spiro atoms. The molecule has 0 aromatic rings. The van der Waals surface area contributed by atoms with Crippen molar-refractivity contribution in [3.05, 3.63) is 0 Å². The number of hydrogen-bond acceptors (Lipinski definition) is 2. The van der Waals surface area contributed by atoms with Crippen LogP contribution in [-0.2, 0) is 9.57 Å². The summed E-state index contributed by atoms with van der Waals surface area (Å²) >= 11 is 0. The molecule has 58 valence electrons. The minimum Gasteiger partial charge on any atom is -0.364 e. The fraction of sp³-hybridized carbons (Fsp3) is 0.857. The topological polar surface area (TPSA) is 21.5 Å². The minimum atomic E-state index is -0.0208. The predicted molar refractivity (Wildman–Crippen MR) is 38.2 cm³/mol.